The van der Waals surface area contributed by atoms with Crippen molar-refractivity contribution in [2.24, 2.45) is 0 Å². The number of anilines is 1. The number of para-hydroxylation sites is 1. The van der Waals surface area contributed by atoms with E-state index >= 15 is 0 Å². The lowest BCUT2D eigenvalue weighted by atomic mass is 10.1. The van der Waals surface area contributed by atoms with Crippen LogP contribution in [0.1, 0.15) is 16.1 Å². The fraction of sp³-hybridized carbons (Fsp3) is 0.353. The Kier molecular flexibility index (Phi) is 4.14. The number of rotatable bonds is 4. The lowest BCUT2D eigenvalue weighted by molar-refractivity contribution is 0.0701. The molecule has 0 spiro atoms. The van der Waals surface area contributed by atoms with Crippen molar-refractivity contribution in [3.8, 4) is 5.75 Å². The Balaban J connectivity index is 1.65. The van der Waals surface area contributed by atoms with Crippen molar-refractivity contribution in [1.82, 2.24) is 15.1 Å². The highest BCUT2D eigenvalue weighted by molar-refractivity contribution is 5.97. The van der Waals surface area contributed by atoms with Crippen LogP contribution in [0.5, 0.6) is 5.75 Å². The van der Waals surface area contributed by atoms with Crippen LogP contribution in [0.3, 0.4) is 0 Å². The number of amides is 1. The van der Waals surface area contributed by atoms with Crippen LogP contribution >= 0.6 is 0 Å². The molecular weight excluding hydrogens is 292 g/mol. The summed E-state index contributed by atoms with van der Waals surface area (Å²) in [6.07, 6.45) is 0. The van der Waals surface area contributed by atoms with E-state index in [2.05, 4.69) is 15.1 Å². The van der Waals surface area contributed by atoms with E-state index in [0.717, 1.165) is 24.6 Å². The van der Waals surface area contributed by atoms with Crippen molar-refractivity contribution in [2.75, 3.05) is 32.1 Å². The quantitative estimate of drug-likeness (QED) is 0.861. The van der Waals surface area contributed by atoms with E-state index < -0.39 is 0 Å². The highest BCUT2D eigenvalue weighted by atomic mass is 16.5. The lowest BCUT2D eigenvalue weighted by Crippen LogP contribution is -2.60. The second-order valence-corrected chi connectivity index (χ2v) is 5.71. The minimum Gasteiger partial charge on any atom is -0.496 e. The molecule has 2 heterocycles. The molecule has 1 aliphatic heterocycles. The molecule has 1 aliphatic rings. The highest BCUT2D eigenvalue weighted by Gasteiger charge is 2.34. The van der Waals surface area contributed by atoms with Gasteiger partial charge in [-0.2, -0.15) is 5.10 Å². The number of aryl methyl sites for hydroxylation is 1. The molecule has 0 atom stereocenters. The van der Waals surface area contributed by atoms with Gasteiger partial charge < -0.3 is 14.5 Å². The Morgan fingerprint density at radius 2 is 1.96 bits per heavy atom. The third-order valence-electron chi connectivity index (χ3n) is 4.18. The summed E-state index contributed by atoms with van der Waals surface area (Å²) in [6, 6.07) is 11.4. The number of methoxy groups -OCH3 is 1. The molecule has 1 saturated heterocycles. The Morgan fingerprint density at radius 3 is 2.61 bits per heavy atom. The zero-order valence-corrected chi connectivity index (χ0v) is 13.6. The van der Waals surface area contributed by atoms with Gasteiger partial charge in [0.1, 0.15) is 5.75 Å². The van der Waals surface area contributed by atoms with E-state index in [4.69, 9.17) is 4.74 Å². The normalized spacial score (nSPS) is 14.3. The van der Waals surface area contributed by atoms with Crippen molar-refractivity contribution in [1.29, 1.82) is 0 Å². The maximum Gasteiger partial charge on any atom is 0.257 e. The first-order valence-corrected chi connectivity index (χ1v) is 7.55. The summed E-state index contributed by atoms with van der Waals surface area (Å²) in [4.78, 5) is 16.5. The van der Waals surface area contributed by atoms with E-state index in [1.165, 1.54) is 0 Å². The van der Waals surface area contributed by atoms with Gasteiger partial charge in [-0.15, -0.1) is 5.10 Å². The topological polar surface area (TPSA) is 58.6 Å². The predicted octanol–water partition coefficient (Wildman–Crippen LogP) is 1.75. The lowest BCUT2D eigenvalue weighted by Gasteiger charge is -2.44. The van der Waals surface area contributed by atoms with Crippen LogP contribution in [0.15, 0.2) is 36.4 Å². The number of likely N-dealkylation sites (N-methyl/N-ethyl adjacent to an activating group) is 1. The van der Waals surface area contributed by atoms with E-state index in [9.17, 15) is 4.79 Å². The van der Waals surface area contributed by atoms with Gasteiger partial charge in [0.05, 0.1) is 24.4 Å². The molecule has 1 aromatic heterocycles. The van der Waals surface area contributed by atoms with Gasteiger partial charge in [0.15, 0.2) is 5.82 Å². The van der Waals surface area contributed by atoms with Crippen LogP contribution in [-0.4, -0.2) is 54.3 Å². The van der Waals surface area contributed by atoms with Gasteiger partial charge in [0.2, 0.25) is 0 Å². The van der Waals surface area contributed by atoms with Gasteiger partial charge in [0, 0.05) is 20.1 Å². The molecule has 2 aromatic rings. The molecule has 3 rings (SSSR count). The van der Waals surface area contributed by atoms with Crippen molar-refractivity contribution >= 4 is 11.7 Å². The molecule has 0 saturated carbocycles. The molecule has 1 amide bonds. The molecule has 0 N–H and O–H groups in total. The Bertz CT molecular complexity index is 696. The summed E-state index contributed by atoms with van der Waals surface area (Å²) >= 11 is 0. The molecule has 0 radical (unpaired) electrons. The molecule has 23 heavy (non-hydrogen) atoms. The molecule has 0 aliphatic carbocycles. The molecule has 120 valence electrons. The predicted molar refractivity (Wildman–Crippen MR) is 87.9 cm³/mol. The Labute approximate surface area is 135 Å². The average molecular weight is 312 g/mol. The molecule has 1 aromatic carbocycles. The SMILES string of the molecule is COc1ccccc1C(=O)N(C)C1CN(c2ccc(C)nn2)C1. The van der Waals surface area contributed by atoms with Crippen LogP contribution < -0.4 is 9.64 Å². The largest absolute Gasteiger partial charge is 0.496 e. The number of benzene rings is 1. The summed E-state index contributed by atoms with van der Waals surface area (Å²) < 4.78 is 5.27. The fourth-order valence-corrected chi connectivity index (χ4v) is 2.63. The summed E-state index contributed by atoms with van der Waals surface area (Å²) in [7, 11) is 3.41. The summed E-state index contributed by atoms with van der Waals surface area (Å²) in [5.41, 5.74) is 1.49. The molecule has 6 heteroatoms. The fourth-order valence-electron chi connectivity index (χ4n) is 2.63. The van der Waals surface area contributed by atoms with Crippen LogP contribution in [0.25, 0.3) is 0 Å². The van der Waals surface area contributed by atoms with Crippen molar-refractivity contribution in [3.63, 3.8) is 0 Å². The smallest absolute Gasteiger partial charge is 0.257 e. The number of ether oxygens (including phenoxy) is 1. The van der Waals surface area contributed by atoms with Crippen molar-refractivity contribution in [3.05, 3.63) is 47.7 Å². The third-order valence-corrected chi connectivity index (χ3v) is 4.18. The van der Waals surface area contributed by atoms with E-state index in [1.807, 2.05) is 38.2 Å². The highest BCUT2D eigenvalue weighted by Crippen LogP contribution is 2.24. The first-order valence-electron chi connectivity index (χ1n) is 7.55. The van der Waals surface area contributed by atoms with Gasteiger partial charge in [-0.25, -0.2) is 0 Å². The molecule has 0 bridgehead atoms. The van der Waals surface area contributed by atoms with Gasteiger partial charge in [-0.05, 0) is 31.2 Å². The van der Waals surface area contributed by atoms with Gasteiger partial charge >= 0.3 is 0 Å². The summed E-state index contributed by atoms with van der Waals surface area (Å²) in [6.45, 7) is 3.43. The number of aromatic nitrogens is 2. The number of carbonyl (C=O) groups excluding carboxylic acids is 1. The zero-order chi connectivity index (χ0) is 16.4. The molecule has 1 fully saturated rings. The second kappa shape index (κ2) is 6.24. The number of carbonyl (C=O) groups is 1. The van der Waals surface area contributed by atoms with Crippen molar-refractivity contribution < 1.29 is 9.53 Å². The number of hydrogen-bond acceptors (Lipinski definition) is 5. The van der Waals surface area contributed by atoms with Crippen LogP contribution in [0.2, 0.25) is 0 Å². The third kappa shape index (κ3) is 2.97. The van der Waals surface area contributed by atoms with Crippen LogP contribution in [0, 0.1) is 6.92 Å². The van der Waals surface area contributed by atoms with Gasteiger partial charge in [-0.3, -0.25) is 4.79 Å². The Hall–Kier alpha value is -2.63. The maximum absolute atomic E-state index is 12.6. The maximum atomic E-state index is 12.6. The minimum absolute atomic E-state index is 0.0258. The van der Waals surface area contributed by atoms with Crippen molar-refractivity contribution in [2.45, 2.75) is 13.0 Å². The van der Waals surface area contributed by atoms with Gasteiger partial charge in [-0.1, -0.05) is 12.1 Å². The number of nitrogens with zero attached hydrogens (tertiary/aromatic N) is 4. The minimum atomic E-state index is -0.0258. The summed E-state index contributed by atoms with van der Waals surface area (Å²) in [5.74, 6) is 1.43. The molecule has 6 nitrogen and oxygen atoms in total. The first-order chi connectivity index (χ1) is 11.1. The summed E-state index contributed by atoms with van der Waals surface area (Å²) in [5, 5.41) is 8.25. The first kappa shape index (κ1) is 15.3. The van der Waals surface area contributed by atoms with Crippen LogP contribution in [-0.2, 0) is 0 Å². The molecular formula is C17H20N4O2. The second-order valence-electron chi connectivity index (χ2n) is 5.71. The monoisotopic (exact) mass is 312 g/mol. The van der Waals surface area contributed by atoms with E-state index in [0.29, 0.717) is 11.3 Å². The van der Waals surface area contributed by atoms with E-state index in [1.54, 1.807) is 24.1 Å². The standard InChI is InChI=1S/C17H20N4O2/c1-12-8-9-16(19-18-12)21-10-13(11-21)20(2)17(22)14-6-4-5-7-15(14)23-3/h4-9,13H,10-11H2,1-3H3. The Morgan fingerprint density at radius 1 is 1.22 bits per heavy atom. The zero-order valence-electron chi connectivity index (χ0n) is 13.6. The number of hydrogen-bond donors (Lipinski definition) is 0. The molecule has 0 unspecified atom stereocenters. The van der Waals surface area contributed by atoms with Gasteiger partial charge in [0.25, 0.3) is 5.91 Å². The van der Waals surface area contributed by atoms with Crippen LogP contribution in [0.4, 0.5) is 5.82 Å². The van der Waals surface area contributed by atoms with E-state index in [-0.39, 0.29) is 11.9 Å². The average Bonchev–Trinajstić information content (AvgIpc) is 2.54.